The first-order valence-electron chi connectivity index (χ1n) is 31.9. The Morgan fingerprint density at radius 3 is 1.00 bits per heavy atom. The number of unbranched alkanes of at least 4 members (excludes halogenated alkanes) is 3. The van der Waals surface area contributed by atoms with Crippen LogP contribution in [0.25, 0.3) is 90.9 Å². The van der Waals surface area contributed by atoms with Crippen molar-refractivity contribution in [3.63, 3.8) is 0 Å². The summed E-state index contributed by atoms with van der Waals surface area (Å²) in [7, 11) is 13.8. The fraction of sp³-hybridized carbons (Fsp3) is 0.373. The summed E-state index contributed by atoms with van der Waals surface area (Å²) in [5.74, 6) is 3.28. The average Bonchev–Trinajstić information content (AvgIpc) is 1.77. The number of H-pyrrole nitrogens is 2. The summed E-state index contributed by atoms with van der Waals surface area (Å²) in [5, 5.41) is 0. The molecular formula is C75H92I3N7O4+6. The molecule has 0 aliphatic carbocycles. The Morgan fingerprint density at radius 1 is 0.382 bits per heavy atom. The highest BCUT2D eigenvalue weighted by atomic mass is 127. The summed E-state index contributed by atoms with van der Waals surface area (Å²) in [6.07, 6.45) is 25.4. The van der Waals surface area contributed by atoms with Gasteiger partial charge in [0.05, 0.1) is 71.2 Å². The highest BCUT2D eigenvalue weighted by molar-refractivity contribution is 14.0. The van der Waals surface area contributed by atoms with Crippen LogP contribution >= 0.6 is 71.9 Å². The van der Waals surface area contributed by atoms with E-state index in [9.17, 15) is 0 Å². The Hall–Kier alpha value is -5.64. The van der Waals surface area contributed by atoms with Crippen molar-refractivity contribution in [1.82, 2.24) is 19.9 Å². The van der Waals surface area contributed by atoms with Crippen molar-refractivity contribution in [3.05, 3.63) is 162 Å². The van der Waals surface area contributed by atoms with Gasteiger partial charge in [-0.05, 0) is 92.1 Å². The van der Waals surface area contributed by atoms with Gasteiger partial charge in [-0.25, -0.2) is 9.97 Å². The lowest BCUT2D eigenvalue weighted by Crippen LogP contribution is -2.46. The maximum atomic E-state index is 7.24. The molecule has 12 rings (SSSR count). The predicted molar refractivity (Wildman–Crippen MR) is 400 cm³/mol. The fourth-order valence-electron chi connectivity index (χ4n) is 13.0. The number of fused-ring (bicyclic) bond motifs is 8. The summed E-state index contributed by atoms with van der Waals surface area (Å²) < 4.78 is 31.4. The van der Waals surface area contributed by atoms with Crippen LogP contribution in [0, 0.1) is 18.3 Å². The standard InChI is InChI=1S/C75H89N7O4.3HI/c1-9-11-12-13-23-52(22-10-2)83-68-28-18-14-24-56(68)72-60-32-34-62(76-60)73(57-25-15-19-29-69(57)84-53-40-46-80(3,4)47-41-53)64-36-38-66(78-64)75(59-27-17-21-31-71(59)86-55-44-50-82(7,8)51-45-55)67-39-37-65(79-67)74(63-35-33-61(72)77-63)58-26-16-20-30-70(58)85-54-42-48-81(5,6)49-43-54;;;/h14-21,24-39,52,76,79H,9-13,22-23,40-51H2,1-8H3;3*1H/q+6;;;. The first-order chi connectivity index (χ1) is 41.7. The predicted octanol–water partition coefficient (Wildman–Crippen LogP) is 19.0. The number of benzene rings is 4. The van der Waals surface area contributed by atoms with E-state index >= 15 is 0 Å². The summed E-state index contributed by atoms with van der Waals surface area (Å²) in [6, 6.07) is 42.9. The lowest BCUT2D eigenvalue weighted by molar-refractivity contribution is -0.894. The highest BCUT2D eigenvalue weighted by Gasteiger charge is 2.41. The molecular weight excluding hydrogens is 1440 g/mol. The number of piperidine rings is 3. The Balaban J connectivity index is 0.00000314. The van der Waals surface area contributed by atoms with Gasteiger partial charge in [-0.3, -0.25) is 0 Å². The molecule has 8 bridgehead atoms. The van der Waals surface area contributed by atoms with E-state index in [-0.39, 0.29) is 78.0 Å². The molecule has 0 spiro atoms. The molecule has 3 fully saturated rings. The van der Waals surface area contributed by atoms with E-state index in [0.717, 1.165) is 248 Å². The van der Waals surface area contributed by atoms with E-state index in [0.29, 0.717) is 0 Å². The molecule has 0 saturated carbocycles. The number of aromatic nitrogens is 4. The smallest absolute Gasteiger partial charge is 0.301 e. The molecule has 466 valence electrons. The molecule has 0 radical (unpaired) electrons. The number of likely N-dealkylation sites (tertiary alicyclic amines) is 3. The van der Waals surface area contributed by atoms with Crippen LogP contribution in [0.15, 0.2) is 121 Å². The van der Waals surface area contributed by atoms with Gasteiger partial charge in [-0.1, -0.05) is 112 Å². The van der Waals surface area contributed by atoms with Crippen molar-refractivity contribution in [2.24, 2.45) is 0 Å². The lowest BCUT2D eigenvalue weighted by atomic mass is 10.0. The van der Waals surface area contributed by atoms with Crippen LogP contribution in [0.5, 0.6) is 23.0 Å². The van der Waals surface area contributed by atoms with Gasteiger partial charge in [-0.2, -0.15) is 0 Å². The first-order valence-corrected chi connectivity index (χ1v) is 31.9. The third kappa shape index (κ3) is 15.8. The summed E-state index contributed by atoms with van der Waals surface area (Å²) >= 11 is 0. The largest absolute Gasteiger partial charge is 0.490 e. The fourth-order valence-corrected chi connectivity index (χ4v) is 13.0. The molecule has 1 atom stereocenters. The van der Waals surface area contributed by atoms with E-state index in [1.165, 1.54) is 19.3 Å². The van der Waals surface area contributed by atoms with E-state index in [4.69, 9.17) is 28.9 Å². The number of nitrogens with one attached hydrogen (secondary N) is 2. The average molecular weight is 1540 g/mol. The molecule has 11 nitrogen and oxygen atoms in total. The molecule has 2 N–H and O–H groups in total. The number of rotatable bonds is 19. The molecule has 5 aliphatic heterocycles. The van der Waals surface area contributed by atoms with Crippen molar-refractivity contribution in [2.45, 2.75) is 103 Å². The number of ether oxygens (including phenoxy) is 4. The summed E-state index contributed by atoms with van der Waals surface area (Å²) in [6.45, 7) is 10.7. The Labute approximate surface area is 580 Å². The van der Waals surface area contributed by atoms with Crippen LogP contribution in [-0.2, 0) is 0 Å². The van der Waals surface area contributed by atoms with Gasteiger partial charge in [-0.15, -0.1) is 71.9 Å². The van der Waals surface area contributed by atoms with Gasteiger partial charge in [0.15, 0.2) is 55.8 Å². The van der Waals surface area contributed by atoms with Crippen LogP contribution in [0.4, 0.5) is 0 Å². The Kier molecular flexibility index (Phi) is 22.6. The van der Waals surface area contributed by atoms with Crippen LogP contribution in [0.3, 0.4) is 0 Å². The van der Waals surface area contributed by atoms with E-state index in [1.54, 1.807) is 0 Å². The molecule has 5 aliphatic rings. The summed E-state index contributed by atoms with van der Waals surface area (Å²) in [4.78, 5) is 19.7. The molecule has 3 saturated heterocycles. The van der Waals surface area contributed by atoms with Crippen LogP contribution in [-0.4, -0.2) is 121 Å². The molecule has 0 amide bonds. The molecule has 1 unspecified atom stereocenters. The highest BCUT2D eigenvalue weighted by Crippen LogP contribution is 2.46. The minimum Gasteiger partial charge on any atom is -0.490 e. The summed E-state index contributed by atoms with van der Waals surface area (Å²) in [5.41, 5.74) is 14.5. The molecule has 89 heavy (non-hydrogen) atoms. The zero-order valence-electron chi connectivity index (χ0n) is 53.5. The number of hydrogen-bond acceptors (Lipinski definition) is 6. The van der Waals surface area contributed by atoms with Crippen LogP contribution < -0.4 is 18.9 Å². The first kappa shape index (κ1) is 67.7. The molecule has 4 aromatic carbocycles. The van der Waals surface area contributed by atoms with Gasteiger partial charge >= 0.3 is 18.3 Å². The number of aromatic amines is 2. The van der Waals surface area contributed by atoms with Crippen molar-refractivity contribution < 1.29 is 32.4 Å². The minimum atomic E-state index is 0. The van der Waals surface area contributed by atoms with E-state index in [1.807, 2.05) is 0 Å². The molecule has 8 heterocycles. The topological polar surface area (TPSA) is 94.3 Å². The SMILES string of the molecule is CCCCCCC(CCC)Oc1ccccc1-c1c2nc(c(-c3ccccc3O[C+]3CC[N+](C)(C)CC3)c3ccc([nH]3)c(-c3ccccc3O[C+]3CC[N+](C)(C)CC3)c3nc(c(-c4ccccc4O[C+]4CC[N+](C)(C)CC4)c4ccc1[nH]4)C=C3)C=C2.I.I.I. The molecule has 14 heteroatoms. The van der Waals surface area contributed by atoms with Crippen molar-refractivity contribution >= 4 is 118 Å². The van der Waals surface area contributed by atoms with Crippen LogP contribution in [0.1, 0.15) is 120 Å². The number of nitrogens with zero attached hydrogens (tertiary/aromatic N) is 5. The third-order valence-corrected chi connectivity index (χ3v) is 18.4. The number of halogens is 3. The van der Waals surface area contributed by atoms with E-state index < -0.39 is 0 Å². The van der Waals surface area contributed by atoms with E-state index in [2.05, 4.69) is 212 Å². The van der Waals surface area contributed by atoms with Gasteiger partial charge < -0.3 is 42.4 Å². The monoisotopic (exact) mass is 1540 g/mol. The second-order valence-electron chi connectivity index (χ2n) is 26.4. The maximum absolute atomic E-state index is 7.24. The van der Waals surface area contributed by atoms with Crippen molar-refractivity contribution in [2.75, 3.05) is 81.6 Å². The van der Waals surface area contributed by atoms with Gasteiger partial charge in [0.1, 0.15) is 45.0 Å². The van der Waals surface area contributed by atoms with Gasteiger partial charge in [0.25, 0.3) is 0 Å². The quantitative estimate of drug-likeness (QED) is 0.0363. The number of hydrogen-bond donors (Lipinski definition) is 2. The van der Waals surface area contributed by atoms with Crippen molar-refractivity contribution in [1.29, 1.82) is 0 Å². The molecule has 3 aromatic heterocycles. The van der Waals surface area contributed by atoms with Gasteiger partial charge in [0.2, 0.25) is 0 Å². The number of para-hydroxylation sites is 4. The normalized spacial score (nSPS) is 16.8. The second kappa shape index (κ2) is 29.8. The molecule has 7 aromatic rings. The van der Waals surface area contributed by atoms with Gasteiger partial charge in [0, 0.05) is 66.6 Å². The second-order valence-corrected chi connectivity index (χ2v) is 26.4. The zero-order valence-corrected chi connectivity index (χ0v) is 60.5. The van der Waals surface area contributed by atoms with Crippen molar-refractivity contribution in [3.8, 4) is 67.5 Å². The van der Waals surface area contributed by atoms with Crippen LogP contribution in [0.2, 0.25) is 0 Å². The zero-order chi connectivity index (χ0) is 59.4. The lowest BCUT2D eigenvalue weighted by Gasteiger charge is -2.31. The Morgan fingerprint density at radius 2 is 0.685 bits per heavy atom. The maximum Gasteiger partial charge on any atom is 0.301 e. The minimum absolute atomic E-state index is 0. The third-order valence-electron chi connectivity index (χ3n) is 18.4. The number of quaternary nitrogens is 3. The Bertz CT molecular complexity index is 3710.